The highest BCUT2D eigenvalue weighted by Gasteiger charge is 2.11. The van der Waals surface area contributed by atoms with Crippen LogP contribution in [0.25, 0.3) is 0 Å². The normalized spacial score (nSPS) is 11.9. The lowest BCUT2D eigenvalue weighted by molar-refractivity contribution is -0.118. The van der Waals surface area contributed by atoms with Crippen LogP contribution in [0.3, 0.4) is 0 Å². The fourth-order valence-electron chi connectivity index (χ4n) is 1.36. The van der Waals surface area contributed by atoms with Gasteiger partial charge in [0.25, 0.3) is 0 Å². The summed E-state index contributed by atoms with van der Waals surface area (Å²) in [5.74, 6) is 0.632. The second-order valence-corrected chi connectivity index (χ2v) is 3.57. The highest BCUT2D eigenvalue weighted by atomic mass is 16.5. The van der Waals surface area contributed by atoms with Gasteiger partial charge in [-0.15, -0.1) is 0 Å². The summed E-state index contributed by atoms with van der Waals surface area (Å²) < 4.78 is 10.1. The Morgan fingerprint density at radius 2 is 2.00 bits per heavy atom. The maximum absolute atomic E-state index is 11.6. The van der Waals surface area contributed by atoms with Crippen molar-refractivity contribution in [1.29, 1.82) is 0 Å². The van der Waals surface area contributed by atoms with E-state index in [2.05, 4.69) is 5.32 Å². The molecule has 1 amide bonds. The molecule has 0 aliphatic carbocycles. The molecule has 0 aliphatic rings. The first-order chi connectivity index (χ1) is 8.19. The van der Waals surface area contributed by atoms with Crippen LogP contribution in [-0.4, -0.2) is 32.8 Å². The molecule has 1 aromatic carbocycles. The van der Waals surface area contributed by atoms with Gasteiger partial charge in [0.05, 0.1) is 19.6 Å². The van der Waals surface area contributed by atoms with E-state index in [1.165, 1.54) is 7.11 Å². The smallest absolute Gasteiger partial charge is 0.227 e. The van der Waals surface area contributed by atoms with E-state index in [1.807, 2.05) is 0 Å². The highest BCUT2D eigenvalue weighted by molar-refractivity contribution is 5.91. The number of ether oxygens (including phenoxy) is 2. The van der Waals surface area contributed by atoms with Gasteiger partial charge in [-0.25, -0.2) is 0 Å². The number of nitrogens with two attached hydrogens (primary N) is 1. The molecule has 94 valence electrons. The van der Waals surface area contributed by atoms with Crippen LogP contribution in [0.2, 0.25) is 0 Å². The van der Waals surface area contributed by atoms with Crippen molar-refractivity contribution in [2.45, 2.75) is 12.5 Å². The van der Waals surface area contributed by atoms with Gasteiger partial charge in [0.1, 0.15) is 5.75 Å². The second kappa shape index (κ2) is 6.88. The number of hydrogen-bond donors (Lipinski definition) is 2. The standard InChI is InChI=1S/C12H18N2O3/c1-16-10-5-3-9(4-6-10)14-12(15)7-11(8-13)17-2/h3-6,11H,7-8,13H2,1-2H3,(H,14,15). The average molecular weight is 238 g/mol. The van der Waals surface area contributed by atoms with Crippen molar-refractivity contribution in [1.82, 2.24) is 0 Å². The number of methoxy groups -OCH3 is 2. The number of nitrogens with one attached hydrogen (secondary N) is 1. The highest BCUT2D eigenvalue weighted by Crippen LogP contribution is 2.15. The van der Waals surface area contributed by atoms with Gasteiger partial charge in [0, 0.05) is 19.3 Å². The molecule has 1 atom stereocenters. The van der Waals surface area contributed by atoms with Crippen molar-refractivity contribution in [3.63, 3.8) is 0 Å². The van der Waals surface area contributed by atoms with Gasteiger partial charge in [-0.2, -0.15) is 0 Å². The Morgan fingerprint density at radius 1 is 1.35 bits per heavy atom. The van der Waals surface area contributed by atoms with Crippen molar-refractivity contribution in [3.8, 4) is 5.75 Å². The van der Waals surface area contributed by atoms with Gasteiger partial charge < -0.3 is 20.5 Å². The van der Waals surface area contributed by atoms with E-state index in [-0.39, 0.29) is 18.4 Å². The first-order valence-corrected chi connectivity index (χ1v) is 5.36. The van der Waals surface area contributed by atoms with Gasteiger partial charge in [-0.1, -0.05) is 0 Å². The Morgan fingerprint density at radius 3 is 2.47 bits per heavy atom. The summed E-state index contributed by atoms with van der Waals surface area (Å²) in [5.41, 5.74) is 6.17. The quantitative estimate of drug-likeness (QED) is 0.775. The maximum atomic E-state index is 11.6. The Kier molecular flexibility index (Phi) is 5.45. The summed E-state index contributed by atoms with van der Waals surface area (Å²) in [6.45, 7) is 0.326. The minimum absolute atomic E-state index is 0.118. The molecular formula is C12H18N2O3. The average Bonchev–Trinajstić information content (AvgIpc) is 2.37. The molecule has 5 heteroatoms. The van der Waals surface area contributed by atoms with Gasteiger partial charge in [0.2, 0.25) is 5.91 Å². The molecule has 0 spiro atoms. The fourth-order valence-corrected chi connectivity index (χ4v) is 1.36. The largest absolute Gasteiger partial charge is 0.497 e. The molecule has 17 heavy (non-hydrogen) atoms. The molecule has 0 radical (unpaired) electrons. The Bertz CT molecular complexity index is 347. The maximum Gasteiger partial charge on any atom is 0.227 e. The number of amides is 1. The lowest BCUT2D eigenvalue weighted by Gasteiger charge is -2.12. The van der Waals surface area contributed by atoms with Crippen LogP contribution < -0.4 is 15.8 Å². The van der Waals surface area contributed by atoms with E-state index in [0.29, 0.717) is 6.54 Å². The summed E-state index contributed by atoms with van der Waals surface area (Å²) in [4.78, 5) is 11.6. The lowest BCUT2D eigenvalue weighted by atomic mass is 10.2. The van der Waals surface area contributed by atoms with E-state index in [4.69, 9.17) is 15.2 Å². The van der Waals surface area contributed by atoms with E-state index >= 15 is 0 Å². The predicted octanol–water partition coefficient (Wildman–Crippen LogP) is 0.997. The summed E-state index contributed by atoms with van der Waals surface area (Å²) in [7, 11) is 3.14. The van der Waals surface area contributed by atoms with Crippen LogP contribution in [0.15, 0.2) is 24.3 Å². The van der Waals surface area contributed by atoms with Crippen molar-refractivity contribution in [2.24, 2.45) is 5.73 Å². The third-order valence-electron chi connectivity index (χ3n) is 2.38. The zero-order valence-electron chi connectivity index (χ0n) is 10.1. The van der Waals surface area contributed by atoms with Crippen molar-refractivity contribution in [3.05, 3.63) is 24.3 Å². The van der Waals surface area contributed by atoms with Crippen LogP contribution >= 0.6 is 0 Å². The fraction of sp³-hybridized carbons (Fsp3) is 0.417. The Hall–Kier alpha value is -1.59. The van der Waals surface area contributed by atoms with E-state index in [1.54, 1.807) is 31.4 Å². The minimum atomic E-state index is -0.242. The van der Waals surface area contributed by atoms with Crippen molar-refractivity contribution >= 4 is 11.6 Å². The molecule has 1 rings (SSSR count). The third kappa shape index (κ3) is 4.42. The third-order valence-corrected chi connectivity index (χ3v) is 2.38. The van der Waals surface area contributed by atoms with Crippen LogP contribution in [0.4, 0.5) is 5.69 Å². The molecule has 3 N–H and O–H groups in total. The van der Waals surface area contributed by atoms with Gasteiger partial charge in [-0.05, 0) is 24.3 Å². The SMILES string of the molecule is COc1ccc(NC(=O)CC(CN)OC)cc1. The number of carbonyl (C=O) groups is 1. The van der Waals surface area contributed by atoms with Crippen LogP contribution in [0, 0.1) is 0 Å². The molecule has 0 bridgehead atoms. The number of carbonyl (C=O) groups excluding carboxylic acids is 1. The number of hydrogen-bond acceptors (Lipinski definition) is 4. The zero-order chi connectivity index (χ0) is 12.7. The minimum Gasteiger partial charge on any atom is -0.497 e. The number of benzene rings is 1. The number of rotatable bonds is 6. The molecular weight excluding hydrogens is 220 g/mol. The first-order valence-electron chi connectivity index (χ1n) is 5.36. The monoisotopic (exact) mass is 238 g/mol. The van der Waals surface area contributed by atoms with Crippen LogP contribution in [0.5, 0.6) is 5.75 Å². The van der Waals surface area contributed by atoms with Gasteiger partial charge in [-0.3, -0.25) is 4.79 Å². The summed E-state index contributed by atoms with van der Waals surface area (Å²) in [6.07, 6.45) is 0.00667. The number of anilines is 1. The lowest BCUT2D eigenvalue weighted by Crippen LogP contribution is -2.28. The van der Waals surface area contributed by atoms with Gasteiger partial charge in [0.15, 0.2) is 0 Å². The molecule has 5 nitrogen and oxygen atoms in total. The van der Waals surface area contributed by atoms with Gasteiger partial charge >= 0.3 is 0 Å². The molecule has 0 heterocycles. The van der Waals surface area contributed by atoms with E-state index < -0.39 is 0 Å². The second-order valence-electron chi connectivity index (χ2n) is 3.57. The molecule has 0 fully saturated rings. The molecule has 1 unspecified atom stereocenters. The predicted molar refractivity (Wildman–Crippen MR) is 66.1 cm³/mol. The molecule has 1 aromatic rings. The van der Waals surface area contributed by atoms with Crippen LogP contribution in [0.1, 0.15) is 6.42 Å². The first kappa shape index (κ1) is 13.5. The van der Waals surface area contributed by atoms with Crippen molar-refractivity contribution in [2.75, 3.05) is 26.1 Å². The molecule has 0 aliphatic heterocycles. The summed E-state index contributed by atoms with van der Waals surface area (Å²) >= 11 is 0. The van der Waals surface area contributed by atoms with E-state index in [9.17, 15) is 4.79 Å². The molecule has 0 saturated carbocycles. The Labute approximate surface area is 101 Å². The summed E-state index contributed by atoms with van der Waals surface area (Å²) in [6, 6.07) is 7.13. The van der Waals surface area contributed by atoms with Crippen molar-refractivity contribution < 1.29 is 14.3 Å². The Balaban J connectivity index is 2.49. The topological polar surface area (TPSA) is 73.6 Å². The van der Waals surface area contributed by atoms with E-state index in [0.717, 1.165) is 11.4 Å². The zero-order valence-corrected chi connectivity index (χ0v) is 10.1. The van der Waals surface area contributed by atoms with Crippen LogP contribution in [-0.2, 0) is 9.53 Å². The molecule has 0 aromatic heterocycles. The summed E-state index contributed by atoms with van der Waals surface area (Å²) in [5, 5.41) is 2.76. The molecule has 0 saturated heterocycles.